The number of urea groups is 1. The van der Waals surface area contributed by atoms with E-state index in [0.717, 1.165) is 5.56 Å². The first-order chi connectivity index (χ1) is 12.1. The zero-order valence-corrected chi connectivity index (χ0v) is 15.2. The maximum atomic E-state index is 12.1. The molecule has 0 aliphatic carbocycles. The molecule has 0 bridgehead atoms. The first kappa shape index (κ1) is 17.5. The Bertz CT molecular complexity index is 917. The van der Waals surface area contributed by atoms with Gasteiger partial charge in [-0.2, -0.15) is 0 Å². The van der Waals surface area contributed by atoms with Crippen molar-refractivity contribution in [2.24, 2.45) is 0 Å². The Kier molecular flexibility index (Phi) is 5.37. The molecule has 3 aromatic rings. The summed E-state index contributed by atoms with van der Waals surface area (Å²) < 4.78 is 5.31. The fourth-order valence-corrected chi connectivity index (χ4v) is 3.27. The molecule has 6 nitrogen and oxygen atoms in total. The zero-order chi connectivity index (χ0) is 17.8. The number of aromatic nitrogens is 2. The molecule has 128 valence electrons. The van der Waals surface area contributed by atoms with Gasteiger partial charge in [-0.3, -0.25) is 5.32 Å². The van der Waals surface area contributed by atoms with Gasteiger partial charge in [0.25, 0.3) is 0 Å². The van der Waals surface area contributed by atoms with Crippen LogP contribution in [0.1, 0.15) is 0 Å². The number of amides is 2. The lowest BCUT2D eigenvalue weighted by molar-refractivity contribution is 0.262. The predicted octanol–water partition coefficient (Wildman–Crippen LogP) is 5.16. The second-order valence-corrected chi connectivity index (χ2v) is 6.64. The lowest BCUT2D eigenvalue weighted by Crippen LogP contribution is -2.19. The van der Waals surface area contributed by atoms with Crippen molar-refractivity contribution in [1.29, 1.82) is 0 Å². The molecule has 0 unspecified atom stereocenters. The molecule has 2 N–H and O–H groups in total. The molecule has 2 amide bonds. The summed E-state index contributed by atoms with van der Waals surface area (Å²) in [5.41, 5.74) is 1.25. The molecule has 0 aliphatic heterocycles. The standard InChI is InChI=1S/C16H12Cl2N4O2S/c1-24-13-5-3-2-4-10(13)14-21-22-16(25-14)20-15(23)19-12-7-6-9(17)8-11(12)18/h2-8H,1H3,(H2,19,20,22,23). The molecule has 2 aromatic carbocycles. The van der Waals surface area contributed by atoms with Crippen molar-refractivity contribution in [1.82, 2.24) is 10.2 Å². The van der Waals surface area contributed by atoms with Crippen molar-refractivity contribution in [3.05, 3.63) is 52.5 Å². The number of para-hydroxylation sites is 1. The van der Waals surface area contributed by atoms with Crippen LogP contribution in [0.25, 0.3) is 10.6 Å². The maximum absolute atomic E-state index is 12.1. The van der Waals surface area contributed by atoms with Crippen LogP contribution in [0.4, 0.5) is 15.6 Å². The Morgan fingerprint density at radius 3 is 2.68 bits per heavy atom. The Balaban J connectivity index is 1.72. The number of rotatable bonds is 4. The summed E-state index contributed by atoms with van der Waals surface area (Å²) in [6, 6.07) is 11.8. The van der Waals surface area contributed by atoms with E-state index >= 15 is 0 Å². The van der Waals surface area contributed by atoms with Crippen molar-refractivity contribution in [3.63, 3.8) is 0 Å². The molecule has 0 fully saturated rings. The number of nitrogens with zero attached hydrogens (tertiary/aromatic N) is 2. The second kappa shape index (κ2) is 7.69. The van der Waals surface area contributed by atoms with Crippen molar-refractivity contribution >= 4 is 51.4 Å². The van der Waals surface area contributed by atoms with Gasteiger partial charge in [-0.25, -0.2) is 4.79 Å². The van der Waals surface area contributed by atoms with E-state index in [1.54, 1.807) is 25.3 Å². The Hall–Kier alpha value is -2.35. The Morgan fingerprint density at radius 1 is 1.12 bits per heavy atom. The summed E-state index contributed by atoms with van der Waals surface area (Å²) in [4.78, 5) is 12.1. The van der Waals surface area contributed by atoms with Crippen LogP contribution in [0.2, 0.25) is 10.0 Å². The quantitative estimate of drug-likeness (QED) is 0.640. The molecule has 25 heavy (non-hydrogen) atoms. The average Bonchev–Trinajstić information content (AvgIpc) is 3.05. The Morgan fingerprint density at radius 2 is 1.92 bits per heavy atom. The van der Waals surface area contributed by atoms with Gasteiger partial charge in [0, 0.05) is 5.02 Å². The second-order valence-electron chi connectivity index (χ2n) is 4.82. The molecule has 0 spiro atoms. The maximum Gasteiger partial charge on any atom is 0.325 e. The van der Waals surface area contributed by atoms with E-state index in [4.69, 9.17) is 27.9 Å². The third-order valence-electron chi connectivity index (χ3n) is 3.16. The minimum atomic E-state index is -0.480. The van der Waals surface area contributed by atoms with Crippen LogP contribution in [-0.2, 0) is 0 Å². The number of nitrogens with one attached hydrogen (secondary N) is 2. The van der Waals surface area contributed by atoms with Gasteiger partial charge < -0.3 is 10.1 Å². The number of carbonyl (C=O) groups excluding carboxylic acids is 1. The molecule has 0 radical (unpaired) electrons. The van der Waals surface area contributed by atoms with Crippen molar-refractivity contribution in [2.75, 3.05) is 17.7 Å². The zero-order valence-electron chi connectivity index (χ0n) is 12.9. The fourth-order valence-electron chi connectivity index (χ4n) is 2.05. The predicted molar refractivity (Wildman–Crippen MR) is 101 cm³/mol. The van der Waals surface area contributed by atoms with Crippen LogP contribution in [0.3, 0.4) is 0 Å². The number of hydrogen-bond acceptors (Lipinski definition) is 5. The van der Waals surface area contributed by atoms with Gasteiger partial charge in [0.2, 0.25) is 5.13 Å². The lowest BCUT2D eigenvalue weighted by atomic mass is 10.2. The summed E-state index contributed by atoms with van der Waals surface area (Å²) in [5, 5.41) is 15.1. The highest BCUT2D eigenvalue weighted by Gasteiger charge is 2.13. The lowest BCUT2D eigenvalue weighted by Gasteiger charge is -2.07. The van der Waals surface area contributed by atoms with Crippen molar-refractivity contribution in [2.45, 2.75) is 0 Å². The van der Waals surface area contributed by atoms with Gasteiger partial charge in [-0.1, -0.05) is 46.7 Å². The normalized spacial score (nSPS) is 10.4. The van der Waals surface area contributed by atoms with Crippen LogP contribution in [-0.4, -0.2) is 23.3 Å². The first-order valence-electron chi connectivity index (χ1n) is 7.07. The molecule has 3 rings (SSSR count). The van der Waals surface area contributed by atoms with Gasteiger partial charge >= 0.3 is 6.03 Å². The van der Waals surface area contributed by atoms with Crippen LogP contribution in [0.5, 0.6) is 5.75 Å². The number of methoxy groups -OCH3 is 1. The molecular formula is C16H12Cl2N4O2S. The third-order valence-corrected chi connectivity index (χ3v) is 4.58. The van der Waals surface area contributed by atoms with Crippen LogP contribution in [0, 0.1) is 0 Å². The average molecular weight is 395 g/mol. The summed E-state index contributed by atoms with van der Waals surface area (Å²) in [7, 11) is 1.59. The molecule has 0 aliphatic rings. The van der Waals surface area contributed by atoms with E-state index in [1.165, 1.54) is 11.3 Å². The van der Waals surface area contributed by atoms with Gasteiger partial charge in [-0.15, -0.1) is 10.2 Å². The fraction of sp³-hybridized carbons (Fsp3) is 0.0625. The molecule has 9 heteroatoms. The highest BCUT2D eigenvalue weighted by molar-refractivity contribution is 7.18. The molecule has 1 heterocycles. The van der Waals surface area contributed by atoms with E-state index in [2.05, 4.69) is 20.8 Å². The minimum absolute atomic E-state index is 0.342. The molecule has 0 saturated carbocycles. The number of halogens is 2. The number of carbonyl (C=O) groups is 1. The van der Waals surface area contributed by atoms with Gasteiger partial charge in [0.05, 0.1) is 23.4 Å². The van der Waals surface area contributed by atoms with Crippen LogP contribution in [0.15, 0.2) is 42.5 Å². The number of benzene rings is 2. The van der Waals surface area contributed by atoms with Crippen molar-refractivity contribution < 1.29 is 9.53 Å². The van der Waals surface area contributed by atoms with E-state index < -0.39 is 6.03 Å². The van der Waals surface area contributed by atoms with E-state index in [-0.39, 0.29) is 0 Å². The summed E-state index contributed by atoms with van der Waals surface area (Å²) in [6.07, 6.45) is 0. The largest absolute Gasteiger partial charge is 0.496 e. The summed E-state index contributed by atoms with van der Waals surface area (Å²) in [6.45, 7) is 0. The van der Waals surface area contributed by atoms with E-state index in [0.29, 0.717) is 31.6 Å². The summed E-state index contributed by atoms with van der Waals surface area (Å²) >= 11 is 13.1. The molecular weight excluding hydrogens is 383 g/mol. The topological polar surface area (TPSA) is 76.1 Å². The first-order valence-corrected chi connectivity index (χ1v) is 8.64. The van der Waals surface area contributed by atoms with Crippen LogP contribution >= 0.6 is 34.5 Å². The highest BCUT2D eigenvalue weighted by Crippen LogP contribution is 2.33. The molecule has 1 aromatic heterocycles. The number of ether oxygens (including phenoxy) is 1. The molecule has 0 saturated heterocycles. The minimum Gasteiger partial charge on any atom is -0.496 e. The number of anilines is 2. The third kappa shape index (κ3) is 4.19. The van der Waals surface area contributed by atoms with Gasteiger partial charge in [0.1, 0.15) is 5.75 Å². The molecule has 0 atom stereocenters. The SMILES string of the molecule is COc1ccccc1-c1nnc(NC(=O)Nc2ccc(Cl)cc2Cl)s1. The summed E-state index contributed by atoms with van der Waals surface area (Å²) in [5.74, 6) is 0.683. The monoisotopic (exact) mass is 394 g/mol. The smallest absolute Gasteiger partial charge is 0.325 e. The van der Waals surface area contributed by atoms with Crippen molar-refractivity contribution in [3.8, 4) is 16.3 Å². The van der Waals surface area contributed by atoms with Crippen LogP contribution < -0.4 is 15.4 Å². The van der Waals surface area contributed by atoms with E-state index in [1.807, 2.05) is 24.3 Å². The Labute approximate surface area is 157 Å². The van der Waals surface area contributed by atoms with E-state index in [9.17, 15) is 4.79 Å². The highest BCUT2D eigenvalue weighted by atomic mass is 35.5. The van der Waals surface area contributed by atoms with Gasteiger partial charge in [0.15, 0.2) is 5.01 Å². The van der Waals surface area contributed by atoms with Gasteiger partial charge in [-0.05, 0) is 30.3 Å². The number of hydrogen-bond donors (Lipinski definition) is 2.